The number of hydrogen-bond donors (Lipinski definition) is 1. The minimum Gasteiger partial charge on any atom is -0.282 e. The van der Waals surface area contributed by atoms with E-state index in [-0.39, 0.29) is 18.6 Å². The second-order valence-corrected chi connectivity index (χ2v) is 1.82. The Labute approximate surface area is 57.5 Å². The molecular formula is C2H7NO2SV. The summed E-state index contributed by atoms with van der Waals surface area (Å²) in [6, 6.07) is 0. The number of hydrogen-bond acceptors (Lipinski definition) is 2. The molecule has 0 aliphatic heterocycles. The molecule has 0 fully saturated rings. The molecule has 7 heavy (non-hydrogen) atoms. The van der Waals surface area contributed by atoms with Crippen LogP contribution in [0, 0.1) is 0 Å². The van der Waals surface area contributed by atoms with Crippen LogP contribution in [0.4, 0.5) is 0 Å². The fourth-order valence-electron chi connectivity index (χ4n) is 0.0833. The molecule has 0 saturated heterocycles. The Kier molecular flexibility index (Phi) is 10.1. The van der Waals surface area contributed by atoms with Gasteiger partial charge in [-0.1, -0.05) is 0 Å². The van der Waals surface area contributed by atoms with Gasteiger partial charge in [0, 0.05) is 18.6 Å². The van der Waals surface area contributed by atoms with Crippen molar-refractivity contribution in [2.45, 2.75) is 0 Å². The molecule has 0 saturated carbocycles. The first kappa shape index (κ1) is 10.6. The maximum Gasteiger partial charge on any atom is 0.233 e. The van der Waals surface area contributed by atoms with Crippen LogP contribution in [-0.2, 0) is 34.0 Å². The van der Waals surface area contributed by atoms with Gasteiger partial charge >= 0.3 is 0 Å². The quantitative estimate of drug-likeness (QED) is 0.587. The Morgan fingerprint density at radius 2 is 2.14 bits per heavy atom. The average Bonchev–Trinajstić information content (AvgIpc) is 1.65. The molecule has 5 heteroatoms. The Balaban J connectivity index is 0. The topological polar surface area (TPSA) is 38.3 Å². The molecule has 0 aromatic rings. The van der Waals surface area contributed by atoms with Crippen LogP contribution in [0.5, 0.6) is 0 Å². The molecule has 1 radical (unpaired) electrons. The maximum absolute atomic E-state index is 9.96. The Hall–Kier alpha value is 0.654. The van der Waals surface area contributed by atoms with E-state index in [9.17, 15) is 4.21 Å². The largest absolute Gasteiger partial charge is 0.282 e. The summed E-state index contributed by atoms with van der Waals surface area (Å²) in [6.07, 6.45) is 0. The van der Waals surface area contributed by atoms with E-state index in [4.69, 9.17) is 0 Å². The number of rotatable bonds is 2. The maximum atomic E-state index is 9.96. The van der Waals surface area contributed by atoms with Crippen LogP contribution in [0.3, 0.4) is 0 Å². The molecule has 1 N–H and O–H groups in total. The van der Waals surface area contributed by atoms with Crippen LogP contribution in [0.25, 0.3) is 0 Å². The Bertz CT molecular complexity index is 53.7. The predicted octanol–water partition coefficient (Wildman–Crippen LogP) is -0.572. The second-order valence-electron chi connectivity index (χ2n) is 0.605. The Morgan fingerprint density at radius 1 is 1.71 bits per heavy atom. The van der Waals surface area contributed by atoms with E-state index in [0.29, 0.717) is 0 Å². The van der Waals surface area contributed by atoms with Gasteiger partial charge in [-0.25, -0.2) is 8.93 Å². The van der Waals surface area contributed by atoms with Crippen molar-refractivity contribution in [1.82, 2.24) is 4.72 Å². The Morgan fingerprint density at radius 3 is 2.14 bits per heavy atom. The van der Waals surface area contributed by atoms with E-state index in [1.54, 1.807) is 7.05 Å². The summed E-state index contributed by atoms with van der Waals surface area (Å²) in [6.45, 7) is 0. The van der Waals surface area contributed by atoms with Crippen molar-refractivity contribution in [2.24, 2.45) is 0 Å². The molecule has 0 aliphatic rings. The summed E-state index contributed by atoms with van der Waals surface area (Å²) in [4.78, 5) is 0. The van der Waals surface area contributed by atoms with E-state index in [1.165, 1.54) is 7.11 Å². The van der Waals surface area contributed by atoms with Gasteiger partial charge in [0.1, 0.15) is 0 Å². The van der Waals surface area contributed by atoms with Gasteiger partial charge in [-0.15, -0.1) is 0 Å². The molecule has 0 bridgehead atoms. The first-order valence-electron chi connectivity index (χ1n) is 1.45. The molecule has 43 valence electrons. The molecule has 1 atom stereocenters. The van der Waals surface area contributed by atoms with Crippen LogP contribution in [0.2, 0.25) is 0 Å². The molecule has 0 amide bonds. The third kappa shape index (κ3) is 6.65. The fraction of sp³-hybridized carbons (Fsp3) is 1.00. The van der Waals surface area contributed by atoms with Gasteiger partial charge in [0.25, 0.3) is 0 Å². The van der Waals surface area contributed by atoms with Gasteiger partial charge in [0.15, 0.2) is 0 Å². The smallest absolute Gasteiger partial charge is 0.233 e. The molecule has 0 aliphatic carbocycles. The standard InChI is InChI=1S/C2H7NO2S.V/c1-3-6(4)5-2;/h3H,1-2H3;. The van der Waals surface area contributed by atoms with E-state index >= 15 is 0 Å². The monoisotopic (exact) mass is 160 g/mol. The fourth-order valence-corrected chi connectivity index (χ4v) is 0.250. The van der Waals surface area contributed by atoms with Gasteiger partial charge in [0.2, 0.25) is 11.3 Å². The minimum absolute atomic E-state index is 0. The molecule has 1 unspecified atom stereocenters. The summed E-state index contributed by atoms with van der Waals surface area (Å²) in [5.41, 5.74) is 0. The van der Waals surface area contributed by atoms with Crippen molar-refractivity contribution in [3.05, 3.63) is 0 Å². The third-order valence-electron chi connectivity index (χ3n) is 0.318. The van der Waals surface area contributed by atoms with Crippen LogP contribution >= 0.6 is 0 Å². The first-order valence-corrected chi connectivity index (χ1v) is 2.52. The SMILES string of the molecule is CNS(=O)OC.[V]. The van der Waals surface area contributed by atoms with E-state index in [1.807, 2.05) is 0 Å². The second kappa shape index (κ2) is 6.65. The molecule has 0 aromatic heterocycles. The van der Waals surface area contributed by atoms with Crippen molar-refractivity contribution in [1.29, 1.82) is 0 Å². The molecule has 0 heterocycles. The summed E-state index contributed by atoms with van der Waals surface area (Å²) in [5, 5.41) is 0. The summed E-state index contributed by atoms with van der Waals surface area (Å²) in [7, 11) is 2.92. The zero-order valence-corrected chi connectivity index (χ0v) is 6.39. The van der Waals surface area contributed by atoms with Gasteiger partial charge in [0.05, 0.1) is 7.11 Å². The normalized spacial score (nSPS) is 12.3. The zero-order valence-electron chi connectivity index (χ0n) is 4.17. The minimum atomic E-state index is -1.28. The van der Waals surface area contributed by atoms with Crippen molar-refractivity contribution >= 4 is 11.3 Å². The molecule has 0 spiro atoms. The van der Waals surface area contributed by atoms with Gasteiger partial charge in [-0.2, -0.15) is 0 Å². The summed E-state index contributed by atoms with van der Waals surface area (Å²) >= 11 is -1.28. The zero-order chi connectivity index (χ0) is 4.99. The van der Waals surface area contributed by atoms with Crippen molar-refractivity contribution in [3.8, 4) is 0 Å². The van der Waals surface area contributed by atoms with Gasteiger partial charge in [-0.05, 0) is 7.05 Å². The van der Waals surface area contributed by atoms with Crippen molar-refractivity contribution < 1.29 is 26.9 Å². The van der Waals surface area contributed by atoms with Gasteiger partial charge < -0.3 is 0 Å². The first-order chi connectivity index (χ1) is 2.81. The molecule has 0 rings (SSSR count). The third-order valence-corrected chi connectivity index (χ3v) is 0.954. The average molecular weight is 160 g/mol. The van der Waals surface area contributed by atoms with E-state index in [2.05, 4.69) is 8.91 Å². The predicted molar refractivity (Wildman–Crippen MR) is 24.2 cm³/mol. The summed E-state index contributed by atoms with van der Waals surface area (Å²) < 4.78 is 16.6. The molecular weight excluding hydrogens is 153 g/mol. The summed E-state index contributed by atoms with van der Waals surface area (Å²) in [5.74, 6) is 0. The van der Waals surface area contributed by atoms with Crippen LogP contribution in [0.1, 0.15) is 0 Å². The number of nitrogens with one attached hydrogen (secondary N) is 1. The van der Waals surface area contributed by atoms with Crippen LogP contribution < -0.4 is 4.72 Å². The van der Waals surface area contributed by atoms with Crippen molar-refractivity contribution in [3.63, 3.8) is 0 Å². The van der Waals surface area contributed by atoms with E-state index < -0.39 is 11.3 Å². The van der Waals surface area contributed by atoms with E-state index in [0.717, 1.165) is 0 Å². The van der Waals surface area contributed by atoms with Gasteiger partial charge in [-0.3, -0.25) is 4.18 Å². The van der Waals surface area contributed by atoms with Crippen molar-refractivity contribution in [2.75, 3.05) is 14.2 Å². The molecule has 0 aromatic carbocycles. The van der Waals surface area contributed by atoms with Crippen LogP contribution in [-0.4, -0.2) is 18.4 Å². The molecule has 3 nitrogen and oxygen atoms in total. The van der Waals surface area contributed by atoms with Crippen LogP contribution in [0.15, 0.2) is 0 Å².